The molecule has 2 atom stereocenters. The lowest BCUT2D eigenvalue weighted by Crippen LogP contribution is -2.45. The van der Waals surface area contributed by atoms with Gasteiger partial charge in [0.05, 0.1) is 18.7 Å². The van der Waals surface area contributed by atoms with Crippen LogP contribution in [0.5, 0.6) is 0 Å². The van der Waals surface area contributed by atoms with Crippen molar-refractivity contribution in [3.63, 3.8) is 0 Å². The van der Waals surface area contributed by atoms with Gasteiger partial charge in [0.25, 0.3) is 0 Å². The van der Waals surface area contributed by atoms with E-state index in [2.05, 4.69) is 10.6 Å². The van der Waals surface area contributed by atoms with E-state index in [0.717, 1.165) is 5.56 Å². The summed E-state index contributed by atoms with van der Waals surface area (Å²) in [4.78, 5) is 13.7. The smallest absolute Gasteiger partial charge is 0.315 e. The highest BCUT2D eigenvalue weighted by Gasteiger charge is 2.16. The third kappa shape index (κ3) is 5.69. The number of carbonyl (C=O) groups excluding carboxylic acids is 1. The molecular formula is C15H24FN3O2. The molecular weight excluding hydrogens is 273 g/mol. The monoisotopic (exact) mass is 297 g/mol. The first kappa shape index (κ1) is 17.4. The lowest BCUT2D eigenvalue weighted by Gasteiger charge is -2.25. The topological polar surface area (TPSA) is 64.6 Å². The maximum Gasteiger partial charge on any atom is 0.315 e. The SMILES string of the molecule is CCC(CO)NC(=O)NCC(c1ccc(F)cc1)N(C)C. The minimum atomic E-state index is -0.315. The molecule has 0 aliphatic carbocycles. The van der Waals surface area contributed by atoms with E-state index < -0.39 is 0 Å². The van der Waals surface area contributed by atoms with Crippen molar-refractivity contribution in [2.45, 2.75) is 25.4 Å². The van der Waals surface area contributed by atoms with E-state index in [1.54, 1.807) is 12.1 Å². The van der Waals surface area contributed by atoms with E-state index in [4.69, 9.17) is 5.11 Å². The van der Waals surface area contributed by atoms with Crippen molar-refractivity contribution in [1.29, 1.82) is 0 Å². The maximum atomic E-state index is 13.0. The van der Waals surface area contributed by atoms with Crippen molar-refractivity contribution in [2.24, 2.45) is 0 Å². The van der Waals surface area contributed by atoms with Gasteiger partial charge in [0.2, 0.25) is 0 Å². The summed E-state index contributed by atoms with van der Waals surface area (Å²) in [5.41, 5.74) is 0.927. The van der Waals surface area contributed by atoms with Crippen LogP contribution in [0, 0.1) is 5.82 Å². The van der Waals surface area contributed by atoms with Gasteiger partial charge in [-0.2, -0.15) is 0 Å². The van der Waals surface area contributed by atoms with Gasteiger partial charge >= 0.3 is 6.03 Å². The molecule has 0 bridgehead atoms. The first-order valence-corrected chi connectivity index (χ1v) is 7.05. The fraction of sp³-hybridized carbons (Fsp3) is 0.533. The first-order chi connectivity index (χ1) is 9.97. The van der Waals surface area contributed by atoms with Crippen LogP contribution >= 0.6 is 0 Å². The number of rotatable bonds is 7. The van der Waals surface area contributed by atoms with Crippen molar-refractivity contribution >= 4 is 6.03 Å². The van der Waals surface area contributed by atoms with Gasteiger partial charge in [-0.05, 0) is 38.2 Å². The third-order valence-electron chi connectivity index (χ3n) is 3.38. The van der Waals surface area contributed by atoms with Crippen LogP contribution in [0.4, 0.5) is 9.18 Å². The van der Waals surface area contributed by atoms with E-state index in [1.807, 2.05) is 25.9 Å². The van der Waals surface area contributed by atoms with Crippen LogP contribution in [0.15, 0.2) is 24.3 Å². The highest BCUT2D eigenvalue weighted by molar-refractivity contribution is 5.74. The molecule has 1 rings (SSSR count). The molecule has 3 N–H and O–H groups in total. The van der Waals surface area contributed by atoms with Crippen molar-refractivity contribution in [3.05, 3.63) is 35.6 Å². The van der Waals surface area contributed by atoms with Crippen molar-refractivity contribution < 1.29 is 14.3 Å². The average molecular weight is 297 g/mol. The van der Waals surface area contributed by atoms with E-state index in [1.165, 1.54) is 12.1 Å². The molecule has 0 aliphatic heterocycles. The molecule has 118 valence electrons. The van der Waals surface area contributed by atoms with Gasteiger partial charge in [-0.3, -0.25) is 0 Å². The van der Waals surface area contributed by atoms with Crippen molar-refractivity contribution in [3.8, 4) is 0 Å². The molecule has 21 heavy (non-hydrogen) atoms. The number of hydrogen-bond acceptors (Lipinski definition) is 3. The normalized spacial score (nSPS) is 13.8. The number of likely N-dealkylation sites (N-methyl/N-ethyl adjacent to an activating group) is 1. The molecule has 0 heterocycles. The van der Waals surface area contributed by atoms with Gasteiger partial charge in [0.15, 0.2) is 0 Å². The van der Waals surface area contributed by atoms with E-state index >= 15 is 0 Å². The average Bonchev–Trinajstić information content (AvgIpc) is 2.46. The largest absolute Gasteiger partial charge is 0.394 e. The minimum Gasteiger partial charge on any atom is -0.394 e. The molecule has 0 spiro atoms. The van der Waals surface area contributed by atoms with Gasteiger partial charge in [-0.15, -0.1) is 0 Å². The highest BCUT2D eigenvalue weighted by atomic mass is 19.1. The Morgan fingerprint density at radius 3 is 2.43 bits per heavy atom. The molecule has 0 fully saturated rings. The summed E-state index contributed by atoms with van der Waals surface area (Å²) in [6.07, 6.45) is 0.666. The number of urea groups is 1. The Labute approximate surface area is 125 Å². The summed E-state index contributed by atoms with van der Waals surface area (Å²) in [6, 6.07) is 5.63. The zero-order chi connectivity index (χ0) is 15.8. The quantitative estimate of drug-likeness (QED) is 0.714. The lowest BCUT2D eigenvalue weighted by atomic mass is 10.1. The fourth-order valence-electron chi connectivity index (χ4n) is 1.99. The zero-order valence-corrected chi connectivity index (χ0v) is 12.8. The first-order valence-electron chi connectivity index (χ1n) is 7.05. The highest BCUT2D eigenvalue weighted by Crippen LogP contribution is 2.17. The molecule has 6 heteroatoms. The Bertz CT molecular complexity index is 433. The van der Waals surface area contributed by atoms with E-state index in [0.29, 0.717) is 13.0 Å². The predicted octanol–water partition coefficient (Wildman–Crippen LogP) is 1.50. The van der Waals surface area contributed by atoms with Crippen LogP contribution in [-0.2, 0) is 0 Å². The van der Waals surface area contributed by atoms with E-state index in [9.17, 15) is 9.18 Å². The standard InChI is InChI=1S/C15H24FN3O2/c1-4-13(10-20)18-15(21)17-9-14(19(2)3)11-5-7-12(16)8-6-11/h5-8,13-14,20H,4,9-10H2,1-3H3,(H2,17,18,21). The van der Waals surface area contributed by atoms with Crippen molar-refractivity contribution in [2.75, 3.05) is 27.2 Å². The molecule has 0 saturated carbocycles. The second kappa shape index (κ2) is 8.59. The number of aliphatic hydroxyl groups excluding tert-OH is 1. The number of nitrogens with one attached hydrogen (secondary N) is 2. The minimum absolute atomic E-state index is 0.0504. The summed E-state index contributed by atoms with van der Waals surface area (Å²) >= 11 is 0. The second-order valence-corrected chi connectivity index (χ2v) is 5.17. The number of halogens is 1. The molecule has 2 unspecified atom stereocenters. The number of hydrogen-bond donors (Lipinski definition) is 3. The lowest BCUT2D eigenvalue weighted by molar-refractivity contribution is 0.210. The second-order valence-electron chi connectivity index (χ2n) is 5.17. The summed E-state index contributed by atoms with van der Waals surface area (Å²) < 4.78 is 13.0. The van der Waals surface area contributed by atoms with Crippen LogP contribution in [-0.4, -0.2) is 49.3 Å². The maximum absolute atomic E-state index is 13.0. The summed E-state index contributed by atoms with van der Waals surface area (Å²) in [5.74, 6) is -0.282. The third-order valence-corrected chi connectivity index (χ3v) is 3.38. The number of aliphatic hydroxyl groups is 1. The van der Waals surface area contributed by atoms with Crippen molar-refractivity contribution in [1.82, 2.24) is 15.5 Å². The van der Waals surface area contributed by atoms with Gasteiger partial charge in [-0.1, -0.05) is 19.1 Å². The fourth-order valence-corrected chi connectivity index (χ4v) is 1.99. The molecule has 1 aromatic carbocycles. The van der Waals surface area contributed by atoms with Crippen LogP contribution < -0.4 is 10.6 Å². The Balaban J connectivity index is 2.59. The van der Waals surface area contributed by atoms with Crippen LogP contribution in [0.2, 0.25) is 0 Å². The molecule has 2 amide bonds. The molecule has 0 aliphatic rings. The summed E-state index contributed by atoms with van der Waals surface area (Å²) in [6.45, 7) is 2.20. The molecule has 5 nitrogen and oxygen atoms in total. The summed E-state index contributed by atoms with van der Waals surface area (Å²) in [5, 5.41) is 14.5. The Morgan fingerprint density at radius 2 is 1.95 bits per heavy atom. The summed E-state index contributed by atoms with van der Waals surface area (Å²) in [7, 11) is 3.80. The predicted molar refractivity (Wildman–Crippen MR) is 80.5 cm³/mol. The van der Waals surface area contributed by atoms with Crippen LogP contribution in [0.25, 0.3) is 0 Å². The number of carbonyl (C=O) groups is 1. The number of amides is 2. The van der Waals surface area contributed by atoms with Crippen LogP contribution in [0.1, 0.15) is 24.9 Å². The Kier molecular flexibility index (Phi) is 7.11. The van der Waals surface area contributed by atoms with Gasteiger partial charge in [-0.25, -0.2) is 9.18 Å². The Hall–Kier alpha value is -1.66. The molecule has 1 aromatic rings. The van der Waals surface area contributed by atoms with E-state index in [-0.39, 0.29) is 30.5 Å². The molecule has 0 saturated heterocycles. The van der Waals surface area contributed by atoms with Crippen LogP contribution in [0.3, 0.4) is 0 Å². The van der Waals surface area contributed by atoms with Gasteiger partial charge < -0.3 is 20.6 Å². The molecule has 0 aromatic heterocycles. The number of nitrogens with zero attached hydrogens (tertiary/aromatic N) is 1. The Morgan fingerprint density at radius 1 is 1.33 bits per heavy atom. The zero-order valence-electron chi connectivity index (χ0n) is 12.8. The molecule has 0 radical (unpaired) electrons. The van der Waals surface area contributed by atoms with Gasteiger partial charge in [0, 0.05) is 6.54 Å². The van der Waals surface area contributed by atoms with Gasteiger partial charge in [0.1, 0.15) is 5.82 Å². The number of benzene rings is 1.